The number of hydrogen-bond donors (Lipinski definition) is 1. The predicted octanol–water partition coefficient (Wildman–Crippen LogP) is 2.79. The lowest BCUT2D eigenvalue weighted by Crippen LogP contribution is -2.33. The predicted molar refractivity (Wildman–Crippen MR) is 89.8 cm³/mol. The van der Waals surface area contributed by atoms with E-state index in [2.05, 4.69) is 15.5 Å². The summed E-state index contributed by atoms with van der Waals surface area (Å²) in [4.78, 5) is 37.7. The number of aromatic nitrogens is 1. The van der Waals surface area contributed by atoms with Crippen LogP contribution in [0.1, 0.15) is 37.6 Å². The fraction of sp³-hybridized carbons (Fsp3) is 0.500. The second kappa shape index (κ2) is 9.49. The monoisotopic (exact) mass is 334 g/mol. The highest BCUT2D eigenvalue weighted by molar-refractivity contribution is 5.93. The minimum atomic E-state index is -0.805. The number of carbonyl (C=O) groups is 1. The van der Waals surface area contributed by atoms with E-state index in [9.17, 15) is 19.8 Å². The second-order valence-electron chi connectivity index (χ2n) is 5.77. The molecule has 0 saturated heterocycles. The van der Waals surface area contributed by atoms with Crippen LogP contribution in [0.2, 0.25) is 0 Å². The van der Waals surface area contributed by atoms with Crippen LogP contribution in [0.15, 0.2) is 41.5 Å². The van der Waals surface area contributed by atoms with Crippen molar-refractivity contribution in [2.75, 3.05) is 6.54 Å². The van der Waals surface area contributed by atoms with Gasteiger partial charge in [0.2, 0.25) is 6.04 Å². The van der Waals surface area contributed by atoms with E-state index in [0.29, 0.717) is 12.0 Å². The van der Waals surface area contributed by atoms with Crippen LogP contribution in [0.4, 0.5) is 0 Å². The number of amides is 1. The third-order valence-corrected chi connectivity index (χ3v) is 3.71. The number of carbonyl (C=O) groups excluding carboxylic acids is 1. The third kappa shape index (κ3) is 5.53. The number of nitrogens with zero attached hydrogens (tertiary/aromatic N) is 3. The van der Waals surface area contributed by atoms with Gasteiger partial charge < -0.3 is 5.32 Å². The Labute approximate surface area is 140 Å². The largest absolute Gasteiger partial charge is 0.346 e. The van der Waals surface area contributed by atoms with Gasteiger partial charge in [0, 0.05) is 29.2 Å². The Hall–Kier alpha value is -2.64. The van der Waals surface area contributed by atoms with Gasteiger partial charge in [0.1, 0.15) is 5.70 Å². The summed E-state index contributed by atoms with van der Waals surface area (Å²) in [6.07, 6.45) is 4.94. The Morgan fingerprint density at radius 3 is 2.67 bits per heavy atom. The zero-order valence-corrected chi connectivity index (χ0v) is 14.0. The van der Waals surface area contributed by atoms with E-state index in [1.807, 2.05) is 6.92 Å². The molecule has 8 nitrogen and oxygen atoms in total. The molecular formula is C16H22N4O4. The summed E-state index contributed by atoms with van der Waals surface area (Å²) in [6, 6.07) is 2.41. The van der Waals surface area contributed by atoms with Crippen LogP contribution in [-0.2, 0) is 0 Å². The Balaban J connectivity index is 2.82. The van der Waals surface area contributed by atoms with Crippen molar-refractivity contribution in [2.24, 2.45) is 17.0 Å². The maximum atomic E-state index is 11.9. The van der Waals surface area contributed by atoms with Crippen LogP contribution in [0, 0.1) is 26.9 Å². The average Bonchev–Trinajstić information content (AvgIpc) is 2.57. The van der Waals surface area contributed by atoms with Gasteiger partial charge in [-0.3, -0.25) is 19.9 Å². The number of hydrogen-bond acceptors (Lipinski definition) is 6. The summed E-state index contributed by atoms with van der Waals surface area (Å²) in [5, 5.41) is 16.7. The van der Waals surface area contributed by atoms with Crippen molar-refractivity contribution in [1.29, 1.82) is 0 Å². The molecule has 0 bridgehead atoms. The molecule has 1 amide bonds. The summed E-state index contributed by atoms with van der Waals surface area (Å²) in [6.45, 7) is 5.26. The van der Waals surface area contributed by atoms with Crippen molar-refractivity contribution in [3.63, 3.8) is 0 Å². The fourth-order valence-electron chi connectivity index (χ4n) is 2.49. The zero-order chi connectivity index (χ0) is 18.1. The first-order chi connectivity index (χ1) is 11.4. The summed E-state index contributed by atoms with van der Waals surface area (Å²) in [5.41, 5.74) is 0.437. The van der Waals surface area contributed by atoms with Gasteiger partial charge in [0.15, 0.2) is 0 Å². The zero-order valence-electron chi connectivity index (χ0n) is 14.0. The highest BCUT2D eigenvalue weighted by Gasteiger charge is 2.32. The number of nitro groups is 1. The van der Waals surface area contributed by atoms with Crippen LogP contribution in [0.5, 0.6) is 0 Å². The highest BCUT2D eigenvalue weighted by Crippen LogP contribution is 2.22. The van der Waals surface area contributed by atoms with Crippen molar-refractivity contribution in [1.82, 2.24) is 10.3 Å². The molecule has 24 heavy (non-hydrogen) atoms. The molecule has 0 aromatic carbocycles. The molecule has 1 heterocycles. The summed E-state index contributed by atoms with van der Waals surface area (Å²) in [7, 11) is 0. The van der Waals surface area contributed by atoms with Crippen LogP contribution in [0.3, 0.4) is 0 Å². The van der Waals surface area contributed by atoms with E-state index in [1.165, 1.54) is 12.3 Å². The van der Waals surface area contributed by atoms with Crippen LogP contribution >= 0.6 is 0 Å². The Morgan fingerprint density at radius 2 is 2.21 bits per heavy atom. The highest BCUT2D eigenvalue weighted by atomic mass is 16.6. The molecule has 2 atom stereocenters. The van der Waals surface area contributed by atoms with Crippen molar-refractivity contribution in [3.05, 3.63) is 56.9 Å². The SMILES string of the molecule is CCC(C=C(CNC(=O)c1cccnc1)N=O)C(C(C)C)[N+](=O)[O-]. The minimum absolute atomic E-state index is 0.0755. The van der Waals surface area contributed by atoms with E-state index in [1.54, 1.807) is 32.2 Å². The quantitative estimate of drug-likeness (QED) is 0.423. The van der Waals surface area contributed by atoms with Crippen LogP contribution < -0.4 is 5.32 Å². The number of nitroso groups, excluding NO2 is 1. The van der Waals surface area contributed by atoms with Crippen LogP contribution in [0.25, 0.3) is 0 Å². The van der Waals surface area contributed by atoms with E-state index in [4.69, 9.17) is 0 Å². The molecule has 1 aromatic rings. The molecule has 0 aliphatic carbocycles. The standard InChI is InChI=1S/C16H22N4O4/c1-4-12(15(11(2)3)20(23)24)8-14(19-22)10-18-16(21)13-6-5-7-17-9-13/h5-9,11-12,15H,4,10H2,1-3H3,(H,18,21). The lowest BCUT2D eigenvalue weighted by atomic mass is 9.88. The molecule has 0 saturated carbocycles. The van der Waals surface area contributed by atoms with Crippen molar-refractivity contribution >= 4 is 5.91 Å². The molecule has 0 aliphatic rings. The fourth-order valence-corrected chi connectivity index (χ4v) is 2.49. The van der Waals surface area contributed by atoms with Gasteiger partial charge in [-0.25, -0.2) is 0 Å². The Kier molecular flexibility index (Phi) is 7.67. The first-order valence-corrected chi connectivity index (χ1v) is 7.76. The third-order valence-electron chi connectivity index (χ3n) is 3.71. The topological polar surface area (TPSA) is 115 Å². The van der Waals surface area contributed by atoms with Gasteiger partial charge in [0.25, 0.3) is 5.91 Å². The molecule has 0 aliphatic heterocycles. The molecule has 1 N–H and O–H groups in total. The van der Waals surface area contributed by atoms with Crippen molar-refractivity contribution < 1.29 is 9.72 Å². The summed E-state index contributed by atoms with van der Waals surface area (Å²) < 4.78 is 0. The maximum Gasteiger partial charge on any atom is 0.253 e. The molecule has 1 rings (SSSR count). The van der Waals surface area contributed by atoms with Gasteiger partial charge in [-0.2, -0.15) is 0 Å². The molecule has 0 spiro atoms. The number of rotatable bonds is 9. The molecular weight excluding hydrogens is 312 g/mol. The van der Waals surface area contributed by atoms with Crippen molar-refractivity contribution in [3.8, 4) is 0 Å². The maximum absolute atomic E-state index is 11.9. The molecule has 0 fully saturated rings. The van der Waals surface area contributed by atoms with Gasteiger partial charge in [-0.05, 0) is 29.8 Å². The Morgan fingerprint density at radius 1 is 1.50 bits per heavy atom. The first-order valence-electron chi connectivity index (χ1n) is 7.76. The van der Waals surface area contributed by atoms with Crippen LogP contribution in [-0.4, -0.2) is 28.4 Å². The molecule has 130 valence electrons. The Bertz CT molecular complexity index is 601. The van der Waals surface area contributed by atoms with Gasteiger partial charge in [0.05, 0.1) is 12.1 Å². The normalized spacial score (nSPS) is 14.1. The van der Waals surface area contributed by atoms with E-state index >= 15 is 0 Å². The second-order valence-corrected chi connectivity index (χ2v) is 5.77. The molecule has 2 unspecified atom stereocenters. The number of pyridine rings is 1. The molecule has 8 heteroatoms. The van der Waals surface area contributed by atoms with Gasteiger partial charge >= 0.3 is 0 Å². The van der Waals surface area contributed by atoms with E-state index < -0.39 is 12.0 Å². The van der Waals surface area contributed by atoms with Gasteiger partial charge in [-0.1, -0.05) is 20.8 Å². The van der Waals surface area contributed by atoms with E-state index in [-0.39, 0.29) is 29.0 Å². The average molecular weight is 334 g/mol. The number of nitrogens with one attached hydrogen (secondary N) is 1. The summed E-state index contributed by atoms with van der Waals surface area (Å²) in [5.74, 6) is -0.998. The summed E-state index contributed by atoms with van der Waals surface area (Å²) >= 11 is 0. The lowest BCUT2D eigenvalue weighted by Gasteiger charge is -2.20. The van der Waals surface area contributed by atoms with E-state index in [0.717, 1.165) is 0 Å². The molecule has 0 radical (unpaired) electrons. The van der Waals surface area contributed by atoms with Crippen molar-refractivity contribution in [2.45, 2.75) is 33.2 Å². The first kappa shape index (κ1) is 19.4. The minimum Gasteiger partial charge on any atom is -0.346 e. The lowest BCUT2D eigenvalue weighted by molar-refractivity contribution is -0.538. The molecule has 1 aromatic heterocycles. The smallest absolute Gasteiger partial charge is 0.253 e. The van der Waals surface area contributed by atoms with Gasteiger partial charge in [-0.15, -0.1) is 4.91 Å².